The number of ether oxygens (including phenoxy) is 2. The topological polar surface area (TPSA) is 38.8 Å². The van der Waals surface area contributed by atoms with Gasteiger partial charge in [-0.25, -0.2) is 0 Å². The van der Waals surface area contributed by atoms with Gasteiger partial charge < -0.3 is 14.4 Å². The van der Waals surface area contributed by atoms with E-state index in [4.69, 9.17) is 9.47 Å². The molecule has 0 unspecified atom stereocenters. The lowest BCUT2D eigenvalue weighted by Crippen LogP contribution is -2.44. The van der Waals surface area contributed by atoms with Crippen LogP contribution in [-0.4, -0.2) is 30.6 Å². The summed E-state index contributed by atoms with van der Waals surface area (Å²) >= 11 is 0. The molecule has 3 rings (SSSR count). The van der Waals surface area contributed by atoms with E-state index in [1.54, 1.807) is 7.11 Å². The molecule has 1 aliphatic rings. The van der Waals surface area contributed by atoms with Crippen LogP contribution in [0.25, 0.3) is 0 Å². The average Bonchev–Trinajstić information content (AvgIpc) is 2.65. The van der Waals surface area contributed by atoms with Crippen molar-refractivity contribution in [1.29, 1.82) is 0 Å². The van der Waals surface area contributed by atoms with Crippen LogP contribution in [-0.2, 0) is 17.8 Å². The Morgan fingerprint density at radius 1 is 1.08 bits per heavy atom. The van der Waals surface area contributed by atoms with E-state index in [0.29, 0.717) is 24.5 Å². The summed E-state index contributed by atoms with van der Waals surface area (Å²) in [6, 6.07) is 15.7. The molecule has 1 atom stereocenters. The van der Waals surface area contributed by atoms with Crippen LogP contribution in [0.5, 0.6) is 11.5 Å². The van der Waals surface area contributed by atoms with Crippen LogP contribution in [0.3, 0.4) is 0 Å². The summed E-state index contributed by atoms with van der Waals surface area (Å²) in [4.78, 5) is 14.8. The van der Waals surface area contributed by atoms with Gasteiger partial charge in [-0.2, -0.15) is 0 Å². The first kappa shape index (κ1) is 16.4. The zero-order chi connectivity index (χ0) is 16.9. The fourth-order valence-electron chi connectivity index (χ4n) is 3.07. The molecule has 0 bridgehead atoms. The van der Waals surface area contributed by atoms with E-state index in [9.17, 15) is 4.79 Å². The maximum atomic E-state index is 12.9. The number of fused-ring (bicyclic) bond motifs is 1. The minimum atomic E-state index is -0.494. The zero-order valence-corrected chi connectivity index (χ0v) is 14.2. The molecule has 2 aromatic rings. The smallest absolute Gasteiger partial charge is 0.263 e. The third-order valence-electron chi connectivity index (χ3n) is 4.43. The molecule has 1 heterocycles. The highest BCUT2D eigenvalue weighted by molar-refractivity contribution is 5.81. The summed E-state index contributed by atoms with van der Waals surface area (Å²) in [7, 11) is 1.60. The number of amides is 1. The Morgan fingerprint density at radius 2 is 1.75 bits per heavy atom. The van der Waals surface area contributed by atoms with Crippen molar-refractivity contribution in [2.24, 2.45) is 0 Å². The Morgan fingerprint density at radius 3 is 2.46 bits per heavy atom. The number of rotatable bonds is 5. The predicted octanol–water partition coefficient (Wildman–Crippen LogP) is 3.44. The highest BCUT2D eigenvalue weighted by Gasteiger charge is 2.28. The SMILES string of the molecule is CC[C@H](Oc1ccccc1OC)C(=O)N1CCc2ccccc2C1. The van der Waals surface area contributed by atoms with Gasteiger partial charge in [0.2, 0.25) is 0 Å². The van der Waals surface area contributed by atoms with Crippen molar-refractivity contribution >= 4 is 5.91 Å². The Kier molecular flexibility index (Phi) is 5.04. The molecule has 0 radical (unpaired) electrons. The Labute approximate surface area is 143 Å². The predicted molar refractivity (Wildman–Crippen MR) is 93.3 cm³/mol. The van der Waals surface area contributed by atoms with E-state index in [2.05, 4.69) is 18.2 Å². The van der Waals surface area contributed by atoms with Crippen molar-refractivity contribution in [3.63, 3.8) is 0 Å². The number of carbonyl (C=O) groups is 1. The third-order valence-corrected chi connectivity index (χ3v) is 4.43. The van der Waals surface area contributed by atoms with Crippen molar-refractivity contribution in [3.8, 4) is 11.5 Å². The lowest BCUT2D eigenvalue weighted by molar-refractivity contribution is -0.139. The number of para-hydroxylation sites is 2. The van der Waals surface area contributed by atoms with Crippen LogP contribution in [0.2, 0.25) is 0 Å². The lowest BCUT2D eigenvalue weighted by Gasteiger charge is -2.31. The minimum Gasteiger partial charge on any atom is -0.493 e. The van der Waals surface area contributed by atoms with Crippen LogP contribution in [0.1, 0.15) is 24.5 Å². The van der Waals surface area contributed by atoms with Gasteiger partial charge in [-0.3, -0.25) is 4.79 Å². The minimum absolute atomic E-state index is 0.0397. The summed E-state index contributed by atoms with van der Waals surface area (Å²) in [6.45, 7) is 3.36. The number of benzene rings is 2. The highest BCUT2D eigenvalue weighted by atomic mass is 16.5. The summed E-state index contributed by atoms with van der Waals surface area (Å²) in [5.74, 6) is 1.29. The van der Waals surface area contributed by atoms with Crippen LogP contribution < -0.4 is 9.47 Å². The number of methoxy groups -OCH3 is 1. The summed E-state index contributed by atoms with van der Waals surface area (Å²) < 4.78 is 11.3. The van der Waals surface area contributed by atoms with E-state index in [0.717, 1.165) is 13.0 Å². The molecule has 0 fully saturated rings. The molecule has 0 aliphatic carbocycles. The van der Waals surface area contributed by atoms with Gasteiger partial charge in [0.05, 0.1) is 7.11 Å². The number of hydrogen-bond donors (Lipinski definition) is 0. The monoisotopic (exact) mass is 325 g/mol. The van der Waals surface area contributed by atoms with E-state index in [-0.39, 0.29) is 5.91 Å². The second-order valence-corrected chi connectivity index (χ2v) is 5.94. The third kappa shape index (κ3) is 3.37. The van der Waals surface area contributed by atoms with Crippen LogP contribution >= 0.6 is 0 Å². The standard InChI is InChI=1S/C20H23NO3/c1-3-17(24-19-11-7-6-10-18(19)23-2)20(22)21-13-12-15-8-4-5-9-16(15)14-21/h4-11,17H,3,12-14H2,1-2H3/t17-/m0/s1. The largest absolute Gasteiger partial charge is 0.493 e. The molecule has 1 amide bonds. The van der Waals surface area contributed by atoms with Crippen LogP contribution in [0.15, 0.2) is 48.5 Å². The quantitative estimate of drug-likeness (QED) is 0.845. The molecule has 0 N–H and O–H groups in total. The number of carbonyl (C=O) groups excluding carboxylic acids is 1. The van der Waals surface area contributed by atoms with Crippen molar-refractivity contribution in [2.45, 2.75) is 32.4 Å². The van der Waals surface area contributed by atoms with Gasteiger partial charge in [-0.1, -0.05) is 43.3 Å². The molecule has 2 aromatic carbocycles. The van der Waals surface area contributed by atoms with Crippen molar-refractivity contribution < 1.29 is 14.3 Å². The molecule has 0 saturated heterocycles. The molecule has 4 heteroatoms. The molecule has 24 heavy (non-hydrogen) atoms. The van der Waals surface area contributed by atoms with Crippen molar-refractivity contribution in [3.05, 3.63) is 59.7 Å². The van der Waals surface area contributed by atoms with E-state index in [1.165, 1.54) is 11.1 Å². The normalized spacial score (nSPS) is 14.7. The van der Waals surface area contributed by atoms with Gasteiger partial charge in [0.1, 0.15) is 0 Å². The summed E-state index contributed by atoms with van der Waals surface area (Å²) in [5, 5.41) is 0. The van der Waals surface area contributed by atoms with Crippen LogP contribution in [0, 0.1) is 0 Å². The Bertz CT molecular complexity index is 714. The molecule has 4 nitrogen and oxygen atoms in total. The van der Waals surface area contributed by atoms with Gasteiger partial charge >= 0.3 is 0 Å². The van der Waals surface area contributed by atoms with Crippen molar-refractivity contribution in [1.82, 2.24) is 4.90 Å². The Balaban J connectivity index is 1.73. The Hall–Kier alpha value is -2.49. The maximum Gasteiger partial charge on any atom is 0.263 e. The zero-order valence-electron chi connectivity index (χ0n) is 14.2. The van der Waals surface area contributed by atoms with Gasteiger partial charge in [-0.05, 0) is 36.1 Å². The number of nitrogens with zero attached hydrogens (tertiary/aromatic N) is 1. The van der Waals surface area contributed by atoms with E-state index < -0.39 is 6.10 Å². The molecule has 1 aliphatic heterocycles. The summed E-state index contributed by atoms with van der Waals surface area (Å²) in [6.07, 6.45) is 1.02. The lowest BCUT2D eigenvalue weighted by atomic mass is 9.99. The first-order valence-corrected chi connectivity index (χ1v) is 8.38. The second kappa shape index (κ2) is 7.39. The first-order chi connectivity index (χ1) is 11.7. The average molecular weight is 325 g/mol. The van der Waals surface area contributed by atoms with Crippen LogP contribution in [0.4, 0.5) is 0 Å². The highest BCUT2D eigenvalue weighted by Crippen LogP contribution is 2.28. The number of hydrogen-bond acceptors (Lipinski definition) is 3. The fraction of sp³-hybridized carbons (Fsp3) is 0.350. The summed E-state index contributed by atoms with van der Waals surface area (Å²) in [5.41, 5.74) is 2.56. The molecular formula is C20H23NO3. The molecule has 126 valence electrons. The maximum absolute atomic E-state index is 12.9. The first-order valence-electron chi connectivity index (χ1n) is 8.38. The molecular weight excluding hydrogens is 302 g/mol. The molecule has 0 saturated carbocycles. The molecule has 0 aromatic heterocycles. The molecule has 0 spiro atoms. The second-order valence-electron chi connectivity index (χ2n) is 5.94. The van der Waals surface area contributed by atoms with E-state index >= 15 is 0 Å². The fourth-order valence-corrected chi connectivity index (χ4v) is 3.07. The van der Waals surface area contributed by atoms with E-state index in [1.807, 2.05) is 42.2 Å². The van der Waals surface area contributed by atoms with Crippen molar-refractivity contribution in [2.75, 3.05) is 13.7 Å². The van der Waals surface area contributed by atoms with Gasteiger partial charge in [0, 0.05) is 13.1 Å². The van der Waals surface area contributed by atoms with Gasteiger partial charge in [0.25, 0.3) is 5.91 Å². The van der Waals surface area contributed by atoms with Gasteiger partial charge in [0.15, 0.2) is 17.6 Å². The van der Waals surface area contributed by atoms with Gasteiger partial charge in [-0.15, -0.1) is 0 Å².